The molecule has 0 aliphatic carbocycles. The molecule has 2 N–H and O–H groups in total. The van der Waals surface area contributed by atoms with Crippen LogP contribution in [0.1, 0.15) is 10.4 Å². The standard InChI is InChI=1S/C10H9F5N2O/c11-9(12,10(13,14)15)6-16-17-8(18)7-4-2-1-3-5-7/h1-5,16H,6H2,(H,17,18). The van der Waals surface area contributed by atoms with Gasteiger partial charge in [-0.3, -0.25) is 10.2 Å². The minimum atomic E-state index is -5.66. The molecular formula is C10H9F5N2O. The van der Waals surface area contributed by atoms with Crippen molar-refractivity contribution in [1.82, 2.24) is 10.9 Å². The first kappa shape index (κ1) is 14.4. The number of carbonyl (C=O) groups is 1. The zero-order chi connectivity index (χ0) is 13.8. The topological polar surface area (TPSA) is 41.1 Å². The number of halogens is 5. The quantitative estimate of drug-likeness (QED) is 0.648. The van der Waals surface area contributed by atoms with Crippen molar-refractivity contribution >= 4 is 5.91 Å². The number of alkyl halides is 5. The molecule has 8 heteroatoms. The smallest absolute Gasteiger partial charge is 0.287 e. The first-order chi connectivity index (χ1) is 8.24. The Morgan fingerprint density at radius 1 is 1.06 bits per heavy atom. The molecule has 1 aromatic carbocycles. The van der Waals surface area contributed by atoms with Crippen LogP contribution in [0.25, 0.3) is 0 Å². The lowest BCUT2D eigenvalue weighted by Gasteiger charge is -2.20. The molecule has 0 spiro atoms. The third-order valence-corrected chi connectivity index (χ3v) is 1.96. The lowest BCUT2D eigenvalue weighted by atomic mass is 10.2. The van der Waals surface area contributed by atoms with E-state index in [-0.39, 0.29) is 5.56 Å². The molecule has 0 unspecified atom stereocenters. The molecular weight excluding hydrogens is 259 g/mol. The molecule has 0 saturated heterocycles. The van der Waals surface area contributed by atoms with Gasteiger partial charge < -0.3 is 0 Å². The van der Waals surface area contributed by atoms with Gasteiger partial charge in [0, 0.05) is 5.56 Å². The first-order valence-corrected chi connectivity index (χ1v) is 4.77. The van der Waals surface area contributed by atoms with E-state index < -0.39 is 24.6 Å². The first-order valence-electron chi connectivity index (χ1n) is 4.77. The minimum Gasteiger partial charge on any atom is -0.287 e. The number of rotatable bonds is 4. The van der Waals surface area contributed by atoms with E-state index in [2.05, 4.69) is 0 Å². The van der Waals surface area contributed by atoms with E-state index in [4.69, 9.17) is 0 Å². The summed E-state index contributed by atoms with van der Waals surface area (Å²) in [5.74, 6) is -5.70. The number of carbonyl (C=O) groups excluding carboxylic acids is 1. The summed E-state index contributed by atoms with van der Waals surface area (Å²) in [6, 6.07) is 7.46. The molecule has 0 aliphatic heterocycles. The van der Waals surface area contributed by atoms with E-state index in [0.717, 1.165) is 0 Å². The molecule has 1 rings (SSSR count). The Bertz CT molecular complexity index is 404. The molecule has 1 aromatic rings. The van der Waals surface area contributed by atoms with E-state index in [1.165, 1.54) is 24.3 Å². The van der Waals surface area contributed by atoms with Gasteiger partial charge in [0.25, 0.3) is 5.91 Å². The maximum atomic E-state index is 12.4. The SMILES string of the molecule is O=C(NNCC(F)(F)C(F)(F)F)c1ccccc1. The summed E-state index contributed by atoms with van der Waals surface area (Å²) < 4.78 is 60.2. The van der Waals surface area contributed by atoms with Crippen LogP contribution in [0.3, 0.4) is 0 Å². The van der Waals surface area contributed by atoms with E-state index in [1.54, 1.807) is 16.9 Å². The van der Waals surface area contributed by atoms with Crippen LogP contribution in [0, 0.1) is 0 Å². The van der Waals surface area contributed by atoms with Crippen molar-refractivity contribution in [3.63, 3.8) is 0 Å². The summed E-state index contributed by atoms with van der Waals surface area (Å²) in [5.41, 5.74) is 3.46. The molecule has 0 heterocycles. The third kappa shape index (κ3) is 3.66. The molecule has 0 bridgehead atoms. The van der Waals surface area contributed by atoms with Gasteiger partial charge in [-0.05, 0) is 12.1 Å². The van der Waals surface area contributed by atoms with Crippen molar-refractivity contribution in [2.75, 3.05) is 6.54 Å². The van der Waals surface area contributed by atoms with Crippen molar-refractivity contribution in [1.29, 1.82) is 0 Å². The molecule has 0 fully saturated rings. The fourth-order valence-corrected chi connectivity index (χ4v) is 0.997. The lowest BCUT2D eigenvalue weighted by Crippen LogP contribution is -2.50. The molecule has 0 saturated carbocycles. The number of benzene rings is 1. The zero-order valence-electron chi connectivity index (χ0n) is 8.89. The highest BCUT2D eigenvalue weighted by atomic mass is 19.4. The van der Waals surface area contributed by atoms with Crippen LogP contribution in [-0.2, 0) is 0 Å². The van der Waals surface area contributed by atoms with Gasteiger partial charge in [-0.1, -0.05) is 18.2 Å². The Kier molecular flexibility index (Phi) is 4.23. The predicted octanol–water partition coefficient (Wildman–Crippen LogP) is 2.12. The highest BCUT2D eigenvalue weighted by Crippen LogP contribution is 2.34. The van der Waals surface area contributed by atoms with Gasteiger partial charge in [-0.15, -0.1) is 0 Å². The molecule has 18 heavy (non-hydrogen) atoms. The van der Waals surface area contributed by atoms with Crippen LogP contribution < -0.4 is 10.9 Å². The second-order valence-corrected chi connectivity index (χ2v) is 3.38. The number of nitrogens with one attached hydrogen (secondary N) is 2. The number of hydrogen-bond acceptors (Lipinski definition) is 2. The Balaban J connectivity index is 2.46. The molecule has 0 aliphatic rings. The zero-order valence-corrected chi connectivity index (χ0v) is 8.89. The van der Waals surface area contributed by atoms with Crippen molar-refractivity contribution in [3.8, 4) is 0 Å². The van der Waals surface area contributed by atoms with Crippen LogP contribution >= 0.6 is 0 Å². The lowest BCUT2D eigenvalue weighted by molar-refractivity contribution is -0.279. The van der Waals surface area contributed by atoms with Crippen molar-refractivity contribution < 1.29 is 26.7 Å². The van der Waals surface area contributed by atoms with Gasteiger partial charge in [-0.25, -0.2) is 5.43 Å². The molecule has 0 atom stereocenters. The van der Waals surface area contributed by atoms with Crippen LogP contribution in [0.15, 0.2) is 30.3 Å². The summed E-state index contributed by atoms with van der Waals surface area (Å²) in [6.45, 7) is -1.73. The van der Waals surface area contributed by atoms with E-state index in [9.17, 15) is 26.7 Å². The number of hydrazine groups is 1. The fourth-order valence-electron chi connectivity index (χ4n) is 0.997. The van der Waals surface area contributed by atoms with Crippen LogP contribution in [0.2, 0.25) is 0 Å². The third-order valence-electron chi connectivity index (χ3n) is 1.96. The Morgan fingerprint density at radius 3 is 2.11 bits per heavy atom. The van der Waals surface area contributed by atoms with Crippen molar-refractivity contribution in [3.05, 3.63) is 35.9 Å². The summed E-state index contributed by atoms with van der Waals surface area (Å²) in [6.07, 6.45) is -5.66. The highest BCUT2D eigenvalue weighted by Gasteiger charge is 2.57. The second-order valence-electron chi connectivity index (χ2n) is 3.38. The molecule has 3 nitrogen and oxygen atoms in total. The van der Waals surface area contributed by atoms with Gasteiger partial charge in [0.1, 0.15) is 0 Å². The number of hydrogen-bond donors (Lipinski definition) is 2. The van der Waals surface area contributed by atoms with Gasteiger partial charge in [0.2, 0.25) is 0 Å². The summed E-state index contributed by atoms with van der Waals surface area (Å²) in [7, 11) is 0. The highest BCUT2D eigenvalue weighted by molar-refractivity contribution is 5.93. The fraction of sp³-hybridized carbons (Fsp3) is 0.300. The Labute approximate surface area is 99.0 Å². The van der Waals surface area contributed by atoms with Crippen molar-refractivity contribution in [2.45, 2.75) is 12.1 Å². The second kappa shape index (κ2) is 5.30. The van der Waals surface area contributed by atoms with Gasteiger partial charge in [-0.2, -0.15) is 22.0 Å². The maximum Gasteiger partial charge on any atom is 0.454 e. The van der Waals surface area contributed by atoms with Crippen LogP contribution in [0.4, 0.5) is 22.0 Å². The monoisotopic (exact) mass is 268 g/mol. The van der Waals surface area contributed by atoms with E-state index >= 15 is 0 Å². The van der Waals surface area contributed by atoms with Gasteiger partial charge >= 0.3 is 12.1 Å². The van der Waals surface area contributed by atoms with E-state index in [0.29, 0.717) is 0 Å². The van der Waals surface area contributed by atoms with Crippen LogP contribution in [0.5, 0.6) is 0 Å². The normalized spacial score (nSPS) is 12.3. The number of amides is 1. The van der Waals surface area contributed by atoms with E-state index in [1.807, 2.05) is 0 Å². The minimum absolute atomic E-state index is 0.139. The Morgan fingerprint density at radius 2 is 1.61 bits per heavy atom. The summed E-state index contributed by atoms with van der Waals surface area (Å²) in [5, 5.41) is 0. The molecule has 100 valence electrons. The van der Waals surface area contributed by atoms with Crippen molar-refractivity contribution in [2.24, 2.45) is 0 Å². The summed E-state index contributed by atoms with van der Waals surface area (Å²) in [4.78, 5) is 11.3. The molecule has 0 aromatic heterocycles. The average molecular weight is 268 g/mol. The maximum absolute atomic E-state index is 12.4. The predicted molar refractivity (Wildman–Crippen MR) is 52.9 cm³/mol. The molecule has 1 amide bonds. The van der Waals surface area contributed by atoms with Crippen LogP contribution in [-0.4, -0.2) is 24.6 Å². The van der Waals surface area contributed by atoms with Gasteiger partial charge in [0.15, 0.2) is 0 Å². The Hall–Kier alpha value is -1.70. The summed E-state index contributed by atoms with van der Waals surface area (Å²) >= 11 is 0. The largest absolute Gasteiger partial charge is 0.454 e. The average Bonchev–Trinajstić information content (AvgIpc) is 2.28. The molecule has 0 radical (unpaired) electrons. The van der Waals surface area contributed by atoms with Gasteiger partial charge in [0.05, 0.1) is 6.54 Å².